The first-order chi connectivity index (χ1) is 8.08. The molecule has 0 spiro atoms. The molecule has 2 heterocycles. The van der Waals surface area contributed by atoms with Crippen molar-refractivity contribution in [2.45, 2.75) is 19.8 Å². The van der Waals surface area contributed by atoms with Gasteiger partial charge < -0.3 is 15.2 Å². The van der Waals surface area contributed by atoms with Crippen LogP contribution in [0.1, 0.15) is 29.1 Å². The predicted octanol–water partition coefficient (Wildman–Crippen LogP) is 1.12. The highest BCUT2D eigenvalue weighted by atomic mass is 32.1. The van der Waals surface area contributed by atoms with Gasteiger partial charge in [-0.2, -0.15) is 0 Å². The Bertz CT molecular complexity index is 436. The molecular weight excluding hydrogens is 238 g/mol. The van der Waals surface area contributed by atoms with Gasteiger partial charge in [0.05, 0.1) is 4.99 Å². The summed E-state index contributed by atoms with van der Waals surface area (Å²) in [6.45, 7) is 3.11. The van der Waals surface area contributed by atoms with E-state index in [9.17, 15) is 4.79 Å². The third kappa shape index (κ3) is 2.63. The first-order valence-corrected chi connectivity index (χ1v) is 6.00. The number of aromatic nitrogens is 1. The van der Waals surface area contributed by atoms with Crippen molar-refractivity contribution in [1.82, 2.24) is 10.1 Å². The molecule has 17 heavy (non-hydrogen) atoms. The molecule has 6 heteroatoms. The monoisotopic (exact) mass is 253 g/mol. The lowest BCUT2D eigenvalue weighted by atomic mass is 9.97. The largest absolute Gasteiger partial charge is 0.393 e. The van der Waals surface area contributed by atoms with Crippen molar-refractivity contribution in [3.63, 3.8) is 0 Å². The van der Waals surface area contributed by atoms with E-state index in [1.165, 1.54) is 0 Å². The van der Waals surface area contributed by atoms with Crippen molar-refractivity contribution in [3.05, 3.63) is 17.5 Å². The van der Waals surface area contributed by atoms with Crippen molar-refractivity contribution in [2.75, 3.05) is 13.1 Å². The Morgan fingerprint density at radius 3 is 2.71 bits per heavy atom. The second-order valence-electron chi connectivity index (χ2n) is 4.29. The molecule has 1 saturated heterocycles. The number of hydrogen-bond donors (Lipinski definition) is 1. The minimum atomic E-state index is -0.0803. The minimum absolute atomic E-state index is 0.0803. The summed E-state index contributed by atoms with van der Waals surface area (Å²) in [6.07, 6.45) is 1.66. The van der Waals surface area contributed by atoms with Crippen molar-refractivity contribution in [2.24, 2.45) is 11.7 Å². The van der Waals surface area contributed by atoms with E-state index in [0.717, 1.165) is 12.8 Å². The van der Waals surface area contributed by atoms with Gasteiger partial charge in [0.2, 0.25) is 0 Å². The molecule has 0 unspecified atom stereocenters. The smallest absolute Gasteiger partial charge is 0.276 e. The number of nitrogens with two attached hydrogens (primary N) is 1. The van der Waals surface area contributed by atoms with Crippen molar-refractivity contribution in [3.8, 4) is 0 Å². The van der Waals surface area contributed by atoms with Crippen LogP contribution in [0.25, 0.3) is 0 Å². The molecular formula is C11H15N3O2S. The van der Waals surface area contributed by atoms with Crippen LogP contribution in [0.5, 0.6) is 0 Å². The van der Waals surface area contributed by atoms with Gasteiger partial charge in [-0.05, 0) is 19.8 Å². The van der Waals surface area contributed by atoms with Crippen LogP contribution in [0.15, 0.2) is 10.6 Å². The fourth-order valence-electron chi connectivity index (χ4n) is 2.00. The Hall–Kier alpha value is -1.43. The first-order valence-electron chi connectivity index (χ1n) is 5.60. The molecule has 0 bridgehead atoms. The topological polar surface area (TPSA) is 72.4 Å². The molecule has 0 aromatic carbocycles. The van der Waals surface area contributed by atoms with E-state index in [4.69, 9.17) is 22.5 Å². The Morgan fingerprint density at radius 1 is 1.59 bits per heavy atom. The lowest BCUT2D eigenvalue weighted by Gasteiger charge is -2.30. The number of piperidine rings is 1. The number of amides is 1. The Kier molecular flexibility index (Phi) is 3.42. The molecule has 1 aliphatic heterocycles. The van der Waals surface area contributed by atoms with Gasteiger partial charge in [-0.3, -0.25) is 4.79 Å². The molecule has 1 aromatic rings. The summed E-state index contributed by atoms with van der Waals surface area (Å²) < 4.78 is 4.90. The second-order valence-corrected chi connectivity index (χ2v) is 4.76. The maximum Gasteiger partial charge on any atom is 0.276 e. The van der Waals surface area contributed by atoms with Gasteiger partial charge in [-0.15, -0.1) is 0 Å². The number of likely N-dealkylation sites (tertiary alicyclic amines) is 1. The van der Waals surface area contributed by atoms with Crippen LogP contribution in [0.2, 0.25) is 0 Å². The van der Waals surface area contributed by atoms with E-state index in [1.54, 1.807) is 17.9 Å². The third-order valence-electron chi connectivity index (χ3n) is 3.03. The van der Waals surface area contributed by atoms with Gasteiger partial charge in [-0.25, -0.2) is 0 Å². The van der Waals surface area contributed by atoms with Gasteiger partial charge in [-0.1, -0.05) is 17.4 Å². The molecule has 5 nitrogen and oxygen atoms in total. The SMILES string of the molecule is Cc1cc(C(=O)N2CCC(C(N)=S)CC2)no1. The fourth-order valence-corrected chi connectivity index (χ4v) is 2.23. The van der Waals surface area contributed by atoms with E-state index in [0.29, 0.717) is 29.5 Å². The lowest BCUT2D eigenvalue weighted by molar-refractivity contribution is 0.0700. The average molecular weight is 253 g/mol. The highest BCUT2D eigenvalue weighted by molar-refractivity contribution is 7.80. The third-order valence-corrected chi connectivity index (χ3v) is 3.36. The highest BCUT2D eigenvalue weighted by Gasteiger charge is 2.26. The van der Waals surface area contributed by atoms with E-state index >= 15 is 0 Å². The van der Waals surface area contributed by atoms with E-state index in [1.807, 2.05) is 0 Å². The number of thiocarbonyl (C=S) groups is 1. The van der Waals surface area contributed by atoms with Gasteiger partial charge >= 0.3 is 0 Å². The van der Waals surface area contributed by atoms with Crippen molar-refractivity contribution < 1.29 is 9.32 Å². The number of aryl methyl sites for hydroxylation is 1. The maximum absolute atomic E-state index is 12.0. The van der Waals surface area contributed by atoms with Gasteiger partial charge in [0.15, 0.2) is 5.69 Å². The van der Waals surface area contributed by atoms with Crippen LogP contribution in [0.3, 0.4) is 0 Å². The molecule has 1 fully saturated rings. The standard InChI is InChI=1S/C11H15N3O2S/c1-7-6-9(13-16-7)11(15)14-4-2-8(3-5-14)10(12)17/h6,8H,2-5H2,1H3,(H2,12,17). The lowest BCUT2D eigenvalue weighted by Crippen LogP contribution is -2.41. The molecule has 1 aromatic heterocycles. The molecule has 1 aliphatic rings. The van der Waals surface area contributed by atoms with E-state index in [2.05, 4.69) is 5.16 Å². The van der Waals surface area contributed by atoms with Gasteiger partial charge in [0, 0.05) is 25.1 Å². The first kappa shape index (κ1) is 12.0. The summed E-state index contributed by atoms with van der Waals surface area (Å²) in [5.74, 6) is 0.822. The molecule has 2 rings (SSSR count). The van der Waals surface area contributed by atoms with E-state index in [-0.39, 0.29) is 11.8 Å². The number of rotatable bonds is 2. The zero-order valence-electron chi connectivity index (χ0n) is 9.68. The van der Waals surface area contributed by atoms with Gasteiger partial charge in [0.25, 0.3) is 5.91 Å². The van der Waals surface area contributed by atoms with Gasteiger partial charge in [0.1, 0.15) is 5.76 Å². The number of carbonyl (C=O) groups is 1. The summed E-state index contributed by atoms with van der Waals surface area (Å²) >= 11 is 4.96. The number of hydrogen-bond acceptors (Lipinski definition) is 4. The minimum Gasteiger partial charge on any atom is -0.393 e. The fraction of sp³-hybridized carbons (Fsp3) is 0.545. The predicted molar refractivity (Wildman–Crippen MR) is 66.7 cm³/mol. The summed E-state index contributed by atoms with van der Waals surface area (Å²) in [5, 5.41) is 3.73. The zero-order valence-corrected chi connectivity index (χ0v) is 10.5. The summed E-state index contributed by atoms with van der Waals surface area (Å²) in [6, 6.07) is 1.65. The summed E-state index contributed by atoms with van der Waals surface area (Å²) in [5.41, 5.74) is 5.98. The molecule has 0 atom stereocenters. The number of nitrogens with zero attached hydrogens (tertiary/aromatic N) is 2. The second kappa shape index (κ2) is 4.83. The molecule has 1 amide bonds. The molecule has 0 radical (unpaired) electrons. The average Bonchev–Trinajstić information content (AvgIpc) is 2.75. The molecule has 92 valence electrons. The molecule has 0 aliphatic carbocycles. The van der Waals surface area contributed by atoms with Crippen LogP contribution < -0.4 is 5.73 Å². The quantitative estimate of drug-likeness (QED) is 0.800. The van der Waals surface area contributed by atoms with Crippen molar-refractivity contribution >= 4 is 23.1 Å². The van der Waals surface area contributed by atoms with Crippen LogP contribution >= 0.6 is 12.2 Å². The van der Waals surface area contributed by atoms with Crippen LogP contribution in [0.4, 0.5) is 0 Å². The number of carbonyl (C=O) groups excluding carboxylic acids is 1. The normalized spacial score (nSPS) is 17.1. The maximum atomic E-state index is 12.0. The van der Waals surface area contributed by atoms with E-state index < -0.39 is 0 Å². The summed E-state index contributed by atoms with van der Waals surface area (Å²) in [7, 11) is 0. The van der Waals surface area contributed by atoms with Crippen molar-refractivity contribution in [1.29, 1.82) is 0 Å². The molecule has 0 saturated carbocycles. The highest BCUT2D eigenvalue weighted by Crippen LogP contribution is 2.19. The zero-order chi connectivity index (χ0) is 12.4. The van der Waals surface area contributed by atoms with Crippen LogP contribution in [-0.4, -0.2) is 34.0 Å². The summed E-state index contributed by atoms with van der Waals surface area (Å²) in [4.78, 5) is 14.3. The molecule has 2 N–H and O–H groups in total. The van der Waals surface area contributed by atoms with Crippen LogP contribution in [-0.2, 0) is 0 Å². The Labute approximate surface area is 105 Å². The Morgan fingerprint density at radius 2 is 2.24 bits per heavy atom. The van der Waals surface area contributed by atoms with Crippen LogP contribution in [0, 0.1) is 12.8 Å². The Balaban J connectivity index is 1.97.